The molecule has 1 atom stereocenters. The van der Waals surface area contributed by atoms with Crippen molar-refractivity contribution < 1.29 is 5.11 Å². The topological polar surface area (TPSA) is 20.2 Å². The van der Waals surface area contributed by atoms with Crippen LogP contribution in [0.1, 0.15) is 79.6 Å². The van der Waals surface area contributed by atoms with E-state index in [0.717, 1.165) is 19.3 Å². The van der Waals surface area contributed by atoms with Crippen LogP contribution in [0.5, 0.6) is 0 Å². The summed E-state index contributed by atoms with van der Waals surface area (Å²) >= 11 is 0. The average molecular weight is 293 g/mol. The van der Waals surface area contributed by atoms with E-state index in [0.29, 0.717) is 12.5 Å². The number of aliphatic hydroxyl groups is 1. The van der Waals surface area contributed by atoms with E-state index >= 15 is 0 Å². The fraction of sp³-hybridized carbons (Fsp3) is 0.700. The third kappa shape index (κ3) is 13.9. The number of hydrogen-bond donors (Lipinski definition) is 1. The van der Waals surface area contributed by atoms with Gasteiger partial charge in [-0.15, -0.1) is 0 Å². The van der Waals surface area contributed by atoms with Gasteiger partial charge in [0.15, 0.2) is 0 Å². The minimum absolute atomic E-state index is 0.320. The zero-order valence-corrected chi connectivity index (χ0v) is 14.9. The zero-order chi connectivity index (χ0) is 16.1. The van der Waals surface area contributed by atoms with E-state index in [2.05, 4.69) is 52.8 Å². The summed E-state index contributed by atoms with van der Waals surface area (Å²) < 4.78 is 0. The normalized spacial score (nSPS) is 14.2. The van der Waals surface area contributed by atoms with E-state index in [9.17, 15) is 0 Å². The summed E-state index contributed by atoms with van der Waals surface area (Å²) in [5.74, 6) is 0.635. The maximum absolute atomic E-state index is 8.88. The van der Waals surface area contributed by atoms with Crippen LogP contribution in [0.25, 0.3) is 0 Å². The highest BCUT2D eigenvalue weighted by molar-refractivity contribution is 5.05. The SMILES string of the molecule is CC(C)=CCC/C(C)=C/CC/C(C)=C/CC[C@H](C)CCO. The van der Waals surface area contributed by atoms with Crippen LogP contribution in [0.15, 0.2) is 34.9 Å². The standard InChI is InChI=1S/C20H36O/c1-17(2)9-6-10-18(3)11-7-12-19(4)13-8-14-20(5)15-16-21/h9,11,13,20-21H,6-8,10,12,14-16H2,1-5H3/b18-11+,19-13+/t20-/m0/s1. The lowest BCUT2D eigenvalue weighted by Gasteiger charge is -2.07. The molecule has 0 aliphatic heterocycles. The van der Waals surface area contributed by atoms with Gasteiger partial charge in [0.25, 0.3) is 0 Å². The molecule has 0 bridgehead atoms. The Balaban J connectivity index is 3.85. The van der Waals surface area contributed by atoms with Crippen molar-refractivity contribution in [1.29, 1.82) is 0 Å². The highest BCUT2D eigenvalue weighted by atomic mass is 16.3. The van der Waals surface area contributed by atoms with Gasteiger partial charge in [-0.05, 0) is 78.6 Å². The Morgan fingerprint density at radius 3 is 1.86 bits per heavy atom. The summed E-state index contributed by atoms with van der Waals surface area (Å²) in [6.45, 7) is 11.3. The molecule has 1 N–H and O–H groups in total. The van der Waals surface area contributed by atoms with Crippen molar-refractivity contribution in [2.24, 2.45) is 5.92 Å². The summed E-state index contributed by atoms with van der Waals surface area (Å²) in [7, 11) is 0. The molecule has 0 radical (unpaired) electrons. The van der Waals surface area contributed by atoms with Gasteiger partial charge < -0.3 is 5.11 Å². The van der Waals surface area contributed by atoms with Crippen molar-refractivity contribution in [1.82, 2.24) is 0 Å². The van der Waals surface area contributed by atoms with E-state index in [1.54, 1.807) is 0 Å². The number of allylic oxidation sites excluding steroid dienone is 6. The molecule has 0 amide bonds. The van der Waals surface area contributed by atoms with E-state index in [4.69, 9.17) is 5.11 Å². The Bertz CT molecular complexity index is 343. The largest absolute Gasteiger partial charge is 0.396 e. The van der Waals surface area contributed by atoms with Gasteiger partial charge in [-0.1, -0.05) is 41.9 Å². The molecule has 0 fully saturated rings. The molecule has 1 heteroatoms. The lowest BCUT2D eigenvalue weighted by Crippen LogP contribution is -1.97. The summed E-state index contributed by atoms with van der Waals surface area (Å²) in [6.07, 6.45) is 15.0. The summed E-state index contributed by atoms with van der Waals surface area (Å²) in [5.41, 5.74) is 4.42. The third-order valence-electron chi connectivity index (χ3n) is 3.90. The highest BCUT2D eigenvalue weighted by Crippen LogP contribution is 2.14. The Hall–Kier alpha value is -0.820. The zero-order valence-electron chi connectivity index (χ0n) is 14.9. The average Bonchev–Trinajstić information content (AvgIpc) is 2.38. The smallest absolute Gasteiger partial charge is 0.0433 e. The minimum Gasteiger partial charge on any atom is -0.396 e. The van der Waals surface area contributed by atoms with Crippen molar-refractivity contribution in [3.05, 3.63) is 34.9 Å². The van der Waals surface area contributed by atoms with Gasteiger partial charge in [-0.25, -0.2) is 0 Å². The molecule has 0 saturated carbocycles. The van der Waals surface area contributed by atoms with Crippen LogP contribution >= 0.6 is 0 Å². The maximum Gasteiger partial charge on any atom is 0.0433 e. The second-order valence-electron chi connectivity index (χ2n) is 6.65. The number of rotatable bonds is 11. The van der Waals surface area contributed by atoms with Gasteiger partial charge in [0.1, 0.15) is 0 Å². The van der Waals surface area contributed by atoms with E-state index in [1.807, 2.05) is 0 Å². The monoisotopic (exact) mass is 292 g/mol. The van der Waals surface area contributed by atoms with Crippen LogP contribution in [0.2, 0.25) is 0 Å². The van der Waals surface area contributed by atoms with Gasteiger partial charge in [-0.2, -0.15) is 0 Å². The molecule has 21 heavy (non-hydrogen) atoms. The molecule has 0 rings (SSSR count). The molecule has 0 aromatic heterocycles. The molecular formula is C20H36O. The first-order valence-corrected chi connectivity index (χ1v) is 8.51. The van der Waals surface area contributed by atoms with E-state index in [-0.39, 0.29) is 0 Å². The summed E-state index contributed by atoms with van der Waals surface area (Å²) in [4.78, 5) is 0. The first-order chi connectivity index (χ1) is 9.95. The Morgan fingerprint density at radius 2 is 1.33 bits per heavy atom. The van der Waals surface area contributed by atoms with Crippen molar-refractivity contribution in [3.8, 4) is 0 Å². The van der Waals surface area contributed by atoms with Crippen LogP contribution in [0.3, 0.4) is 0 Å². The van der Waals surface area contributed by atoms with Crippen LogP contribution in [0, 0.1) is 5.92 Å². The van der Waals surface area contributed by atoms with Crippen LogP contribution in [-0.2, 0) is 0 Å². The number of hydrogen-bond acceptors (Lipinski definition) is 1. The molecule has 0 aromatic rings. The third-order valence-corrected chi connectivity index (χ3v) is 3.90. The lowest BCUT2D eigenvalue weighted by molar-refractivity contribution is 0.259. The molecular weight excluding hydrogens is 256 g/mol. The van der Waals surface area contributed by atoms with Gasteiger partial charge in [0.05, 0.1) is 0 Å². The van der Waals surface area contributed by atoms with Gasteiger partial charge in [0, 0.05) is 6.61 Å². The predicted octanol–water partition coefficient (Wildman–Crippen LogP) is 6.20. The summed E-state index contributed by atoms with van der Waals surface area (Å²) in [6, 6.07) is 0. The summed E-state index contributed by atoms with van der Waals surface area (Å²) in [5, 5.41) is 8.88. The lowest BCUT2D eigenvalue weighted by atomic mass is 10.0. The fourth-order valence-electron chi connectivity index (χ4n) is 2.32. The predicted molar refractivity (Wildman–Crippen MR) is 95.5 cm³/mol. The minimum atomic E-state index is 0.320. The van der Waals surface area contributed by atoms with Gasteiger partial charge in [0.2, 0.25) is 0 Å². The molecule has 0 unspecified atom stereocenters. The molecule has 0 aliphatic carbocycles. The van der Waals surface area contributed by atoms with Crippen LogP contribution in [0.4, 0.5) is 0 Å². The fourth-order valence-corrected chi connectivity index (χ4v) is 2.32. The first kappa shape index (κ1) is 20.2. The quantitative estimate of drug-likeness (QED) is 0.449. The second kappa shape index (κ2) is 12.9. The molecule has 0 saturated heterocycles. The Kier molecular flexibility index (Phi) is 12.4. The molecule has 0 aromatic carbocycles. The van der Waals surface area contributed by atoms with E-state index in [1.165, 1.54) is 42.4 Å². The molecule has 0 aliphatic rings. The van der Waals surface area contributed by atoms with Crippen molar-refractivity contribution in [3.63, 3.8) is 0 Å². The number of aliphatic hydroxyl groups excluding tert-OH is 1. The molecule has 0 spiro atoms. The van der Waals surface area contributed by atoms with Crippen molar-refractivity contribution in [2.75, 3.05) is 6.61 Å². The Labute approximate surface area is 132 Å². The molecule has 1 nitrogen and oxygen atoms in total. The Morgan fingerprint density at radius 1 is 0.810 bits per heavy atom. The van der Waals surface area contributed by atoms with Crippen molar-refractivity contribution >= 4 is 0 Å². The van der Waals surface area contributed by atoms with Crippen LogP contribution < -0.4 is 0 Å². The molecule has 122 valence electrons. The first-order valence-electron chi connectivity index (χ1n) is 8.51. The highest BCUT2D eigenvalue weighted by Gasteiger charge is 1.99. The van der Waals surface area contributed by atoms with Gasteiger partial charge in [-0.3, -0.25) is 0 Å². The van der Waals surface area contributed by atoms with Crippen molar-refractivity contribution in [2.45, 2.75) is 79.6 Å². The van der Waals surface area contributed by atoms with E-state index < -0.39 is 0 Å². The van der Waals surface area contributed by atoms with Gasteiger partial charge >= 0.3 is 0 Å². The second-order valence-corrected chi connectivity index (χ2v) is 6.65. The molecule has 0 heterocycles. The van der Waals surface area contributed by atoms with Crippen LogP contribution in [-0.4, -0.2) is 11.7 Å². The maximum atomic E-state index is 8.88.